The number of halogens is 3. The van der Waals surface area contributed by atoms with Gasteiger partial charge in [-0.3, -0.25) is 0 Å². The third-order valence-electron chi connectivity index (χ3n) is 3.47. The van der Waals surface area contributed by atoms with Crippen LogP contribution in [0, 0.1) is 5.82 Å². The third-order valence-corrected chi connectivity index (χ3v) is 4.71. The summed E-state index contributed by atoms with van der Waals surface area (Å²) in [5.41, 5.74) is 2.84. The molecule has 1 N–H and O–H groups in total. The van der Waals surface area contributed by atoms with Crippen LogP contribution >= 0.6 is 27.5 Å². The molecule has 3 rings (SSSR count). The average Bonchev–Trinajstić information content (AvgIpc) is 2.79. The molecule has 4 heteroatoms. The van der Waals surface area contributed by atoms with Gasteiger partial charge in [-0.15, -0.1) is 0 Å². The fourth-order valence-corrected chi connectivity index (χ4v) is 2.97. The first kappa shape index (κ1) is 12.9. The van der Waals surface area contributed by atoms with Crippen molar-refractivity contribution in [2.75, 3.05) is 5.32 Å². The zero-order valence-electron chi connectivity index (χ0n) is 10.1. The van der Waals surface area contributed by atoms with Gasteiger partial charge < -0.3 is 5.32 Å². The van der Waals surface area contributed by atoms with Crippen molar-refractivity contribution >= 4 is 33.2 Å². The number of rotatable bonds is 2. The smallest absolute Gasteiger partial charge is 0.126 e. The fourth-order valence-electron chi connectivity index (χ4n) is 2.55. The molecule has 1 aliphatic carbocycles. The summed E-state index contributed by atoms with van der Waals surface area (Å²) in [5.74, 6) is -0.101. The Balaban J connectivity index is 1.86. The molecule has 0 spiro atoms. The lowest BCUT2D eigenvalue weighted by molar-refractivity contribution is 0.612. The van der Waals surface area contributed by atoms with E-state index in [0.29, 0.717) is 5.02 Å². The largest absolute Gasteiger partial charge is 0.378 e. The van der Waals surface area contributed by atoms with Crippen LogP contribution in [0.4, 0.5) is 10.1 Å². The van der Waals surface area contributed by atoms with Crippen LogP contribution in [0.2, 0.25) is 5.02 Å². The summed E-state index contributed by atoms with van der Waals surface area (Å²) < 4.78 is 14.5. The maximum Gasteiger partial charge on any atom is 0.126 e. The number of benzene rings is 2. The lowest BCUT2D eigenvalue weighted by Crippen LogP contribution is -2.07. The maximum absolute atomic E-state index is 13.7. The van der Waals surface area contributed by atoms with Crippen molar-refractivity contribution in [2.24, 2.45) is 0 Å². The van der Waals surface area contributed by atoms with E-state index in [4.69, 9.17) is 11.6 Å². The van der Waals surface area contributed by atoms with Gasteiger partial charge in [0.15, 0.2) is 0 Å². The average molecular weight is 341 g/mol. The van der Waals surface area contributed by atoms with E-state index in [-0.39, 0.29) is 11.9 Å². The first-order chi connectivity index (χ1) is 9.15. The number of nitrogens with one attached hydrogen (secondary N) is 1. The minimum atomic E-state index is -0.101. The molecule has 1 unspecified atom stereocenters. The van der Waals surface area contributed by atoms with Crippen LogP contribution in [0.25, 0.3) is 0 Å². The molecule has 0 aliphatic heterocycles. The van der Waals surface area contributed by atoms with Crippen molar-refractivity contribution in [2.45, 2.75) is 18.9 Å². The highest BCUT2D eigenvalue weighted by Gasteiger charge is 2.24. The lowest BCUT2D eigenvalue weighted by atomic mass is 10.1. The lowest BCUT2D eigenvalue weighted by Gasteiger charge is -2.16. The molecule has 0 fully saturated rings. The fraction of sp³-hybridized carbons (Fsp3) is 0.200. The van der Waals surface area contributed by atoms with E-state index in [1.807, 2.05) is 24.3 Å². The van der Waals surface area contributed by atoms with Crippen molar-refractivity contribution < 1.29 is 4.39 Å². The summed E-state index contributed by atoms with van der Waals surface area (Å²) in [6.45, 7) is 0. The molecule has 2 aromatic rings. The Bertz CT molecular complexity index is 630. The third kappa shape index (κ3) is 2.49. The molecule has 1 atom stereocenters. The molecule has 0 aromatic heterocycles. The Labute approximate surface area is 124 Å². The van der Waals surface area contributed by atoms with Crippen LogP contribution in [0.15, 0.2) is 40.9 Å². The van der Waals surface area contributed by atoms with Crippen LogP contribution < -0.4 is 5.32 Å². The summed E-state index contributed by atoms with van der Waals surface area (Å²) in [6, 6.07) is 11.2. The first-order valence-corrected chi connectivity index (χ1v) is 7.31. The summed E-state index contributed by atoms with van der Waals surface area (Å²) in [6.07, 6.45) is 1.69. The second kappa shape index (κ2) is 5.14. The van der Waals surface area contributed by atoms with Gasteiger partial charge in [-0.25, -0.2) is 4.39 Å². The minimum Gasteiger partial charge on any atom is -0.378 e. The van der Waals surface area contributed by atoms with Crippen molar-refractivity contribution in [3.63, 3.8) is 0 Å². The van der Waals surface area contributed by atoms with E-state index in [2.05, 4.69) is 21.2 Å². The Hall–Kier alpha value is -1.06. The van der Waals surface area contributed by atoms with E-state index < -0.39 is 0 Å². The quantitative estimate of drug-likeness (QED) is 0.778. The molecular formula is C15H12BrClFN. The predicted molar refractivity (Wildman–Crippen MR) is 80.2 cm³/mol. The Morgan fingerprint density at radius 3 is 2.89 bits per heavy atom. The molecule has 2 aromatic carbocycles. The van der Waals surface area contributed by atoms with Gasteiger partial charge in [-0.2, -0.15) is 0 Å². The molecule has 19 heavy (non-hydrogen) atoms. The van der Waals surface area contributed by atoms with Gasteiger partial charge in [0.2, 0.25) is 0 Å². The van der Waals surface area contributed by atoms with Gasteiger partial charge in [-0.1, -0.05) is 23.7 Å². The van der Waals surface area contributed by atoms with Crippen LogP contribution in [-0.4, -0.2) is 0 Å². The highest BCUT2D eigenvalue weighted by Crippen LogP contribution is 2.36. The van der Waals surface area contributed by atoms with Gasteiger partial charge in [0.05, 0.1) is 11.1 Å². The van der Waals surface area contributed by atoms with E-state index in [0.717, 1.165) is 34.1 Å². The Kier molecular flexibility index (Phi) is 3.50. The molecular weight excluding hydrogens is 329 g/mol. The topological polar surface area (TPSA) is 12.0 Å². The molecule has 0 amide bonds. The second-order valence-electron chi connectivity index (χ2n) is 4.67. The van der Waals surface area contributed by atoms with E-state index >= 15 is 0 Å². The summed E-state index contributed by atoms with van der Waals surface area (Å²) in [4.78, 5) is 0. The standard InChI is InChI=1S/C15H12BrClFN/c16-12-6-4-9(8-13(12)17)19-15-7-5-10-11(15)2-1-3-14(10)18/h1-4,6,8,15,19H,5,7H2. The molecule has 1 aliphatic rings. The molecule has 0 radical (unpaired) electrons. The molecule has 0 saturated heterocycles. The van der Waals surface area contributed by atoms with Crippen molar-refractivity contribution in [1.82, 2.24) is 0 Å². The van der Waals surface area contributed by atoms with Crippen LogP contribution in [0.3, 0.4) is 0 Å². The van der Waals surface area contributed by atoms with Crippen LogP contribution in [0.1, 0.15) is 23.6 Å². The van der Waals surface area contributed by atoms with Gasteiger partial charge >= 0.3 is 0 Å². The van der Waals surface area contributed by atoms with Crippen molar-refractivity contribution in [1.29, 1.82) is 0 Å². The highest BCUT2D eigenvalue weighted by atomic mass is 79.9. The molecule has 98 valence electrons. The van der Waals surface area contributed by atoms with E-state index in [1.54, 1.807) is 6.07 Å². The molecule has 0 saturated carbocycles. The van der Waals surface area contributed by atoms with Gasteiger partial charge in [-0.05, 0) is 64.2 Å². The molecule has 0 heterocycles. The SMILES string of the molecule is Fc1cccc2c1CCC2Nc1ccc(Br)c(Cl)c1. The number of anilines is 1. The van der Waals surface area contributed by atoms with Crippen molar-refractivity contribution in [3.05, 3.63) is 62.8 Å². The highest BCUT2D eigenvalue weighted by molar-refractivity contribution is 9.10. The van der Waals surface area contributed by atoms with Crippen molar-refractivity contribution in [3.8, 4) is 0 Å². The Morgan fingerprint density at radius 2 is 2.11 bits per heavy atom. The monoisotopic (exact) mass is 339 g/mol. The number of hydrogen-bond acceptors (Lipinski definition) is 1. The zero-order chi connectivity index (χ0) is 13.4. The van der Waals surface area contributed by atoms with Gasteiger partial charge in [0, 0.05) is 10.2 Å². The summed E-state index contributed by atoms with van der Waals surface area (Å²) in [7, 11) is 0. The maximum atomic E-state index is 13.7. The minimum absolute atomic E-state index is 0.101. The van der Waals surface area contributed by atoms with Crippen LogP contribution in [0.5, 0.6) is 0 Å². The summed E-state index contributed by atoms with van der Waals surface area (Å²) >= 11 is 9.45. The molecule has 1 nitrogen and oxygen atoms in total. The molecule has 0 bridgehead atoms. The van der Waals surface area contributed by atoms with Crippen LogP contribution in [-0.2, 0) is 6.42 Å². The number of fused-ring (bicyclic) bond motifs is 1. The van der Waals surface area contributed by atoms with E-state index in [9.17, 15) is 4.39 Å². The zero-order valence-corrected chi connectivity index (χ0v) is 12.4. The predicted octanol–water partition coefficient (Wildman–Crippen LogP) is 5.34. The summed E-state index contributed by atoms with van der Waals surface area (Å²) in [5, 5.41) is 4.09. The number of hydrogen-bond donors (Lipinski definition) is 1. The first-order valence-electron chi connectivity index (χ1n) is 6.14. The Morgan fingerprint density at radius 1 is 1.26 bits per heavy atom. The second-order valence-corrected chi connectivity index (χ2v) is 5.93. The van der Waals surface area contributed by atoms with Gasteiger partial charge in [0.1, 0.15) is 5.82 Å². The van der Waals surface area contributed by atoms with Gasteiger partial charge in [0.25, 0.3) is 0 Å². The van der Waals surface area contributed by atoms with E-state index in [1.165, 1.54) is 6.07 Å². The normalized spacial score (nSPS) is 17.3.